The minimum Gasteiger partial charge on any atom is -0.508 e. The molecule has 1 atom stereocenters. The second kappa shape index (κ2) is 3.45. The van der Waals surface area contributed by atoms with E-state index in [1.807, 2.05) is 0 Å². The van der Waals surface area contributed by atoms with Gasteiger partial charge in [-0.3, -0.25) is 0 Å². The van der Waals surface area contributed by atoms with Crippen molar-refractivity contribution in [1.82, 2.24) is 0 Å². The number of aliphatic hydroxyl groups is 1. The highest BCUT2D eigenvalue weighted by atomic mass is 16.4. The quantitative estimate of drug-likeness (QED) is 0.632. The number of carboxylic acid groups (broad SMARTS) is 1. The second-order valence-corrected chi connectivity index (χ2v) is 2.79. The van der Waals surface area contributed by atoms with Gasteiger partial charge in [0.25, 0.3) is 0 Å². The number of hydrogen-bond donors (Lipinski definition) is 3. The Hall–Kier alpha value is -1.55. The number of aromatic hydroxyl groups is 1. The highest BCUT2D eigenvalue weighted by molar-refractivity contribution is 5.74. The van der Waals surface area contributed by atoms with E-state index in [0.29, 0.717) is 5.56 Å². The molecule has 1 rings (SSSR count). The van der Waals surface area contributed by atoms with E-state index in [1.165, 1.54) is 18.2 Å². The van der Waals surface area contributed by atoms with Crippen LogP contribution in [0.15, 0.2) is 18.2 Å². The van der Waals surface area contributed by atoms with Crippen molar-refractivity contribution in [2.45, 2.75) is 13.0 Å². The Kier molecular flexibility index (Phi) is 2.53. The van der Waals surface area contributed by atoms with Crippen molar-refractivity contribution in [3.63, 3.8) is 0 Å². The number of hydrogen-bond acceptors (Lipinski definition) is 3. The van der Waals surface area contributed by atoms with Crippen LogP contribution >= 0.6 is 0 Å². The Morgan fingerprint density at radius 3 is 2.54 bits per heavy atom. The van der Waals surface area contributed by atoms with Gasteiger partial charge in [-0.15, -0.1) is 0 Å². The molecule has 0 aromatic heterocycles. The first-order valence-corrected chi connectivity index (χ1v) is 3.72. The highest BCUT2D eigenvalue weighted by Crippen LogP contribution is 2.21. The summed E-state index contributed by atoms with van der Waals surface area (Å²) in [6, 6.07) is 4.17. The molecule has 4 heteroatoms. The van der Waals surface area contributed by atoms with Crippen LogP contribution in [0.4, 0.5) is 0 Å². The molecule has 0 fully saturated rings. The number of rotatable bonds is 2. The number of carbonyl (C=O) groups is 1. The number of phenols is 1. The summed E-state index contributed by atoms with van der Waals surface area (Å²) in [7, 11) is 0. The summed E-state index contributed by atoms with van der Waals surface area (Å²) >= 11 is 0. The fourth-order valence-corrected chi connectivity index (χ4v) is 0.991. The van der Waals surface area contributed by atoms with Gasteiger partial charge in [-0.1, -0.05) is 6.07 Å². The van der Waals surface area contributed by atoms with Gasteiger partial charge in [0.15, 0.2) is 6.10 Å². The van der Waals surface area contributed by atoms with Crippen LogP contribution in [0.3, 0.4) is 0 Å². The molecule has 1 aromatic carbocycles. The van der Waals surface area contributed by atoms with Crippen LogP contribution in [-0.2, 0) is 4.79 Å². The van der Waals surface area contributed by atoms with E-state index in [2.05, 4.69) is 0 Å². The molecular formula is C9H10O4. The molecule has 0 aliphatic carbocycles. The number of aliphatic hydroxyl groups excluding tert-OH is 1. The molecule has 70 valence electrons. The van der Waals surface area contributed by atoms with Crippen molar-refractivity contribution in [1.29, 1.82) is 0 Å². The molecule has 0 aliphatic heterocycles. The zero-order valence-corrected chi connectivity index (χ0v) is 7.06. The minimum atomic E-state index is -1.53. The van der Waals surface area contributed by atoms with Crippen molar-refractivity contribution in [3.8, 4) is 5.75 Å². The summed E-state index contributed by atoms with van der Waals surface area (Å²) in [5.74, 6) is -1.22. The van der Waals surface area contributed by atoms with Crippen LogP contribution in [0.25, 0.3) is 0 Å². The van der Waals surface area contributed by atoms with Gasteiger partial charge in [-0.05, 0) is 30.2 Å². The molecule has 0 saturated carbocycles. The Bertz CT molecular complexity index is 332. The predicted molar refractivity (Wildman–Crippen MR) is 45.4 cm³/mol. The maximum Gasteiger partial charge on any atom is 0.337 e. The lowest BCUT2D eigenvalue weighted by atomic mass is 10.1. The summed E-state index contributed by atoms with van der Waals surface area (Å²) in [4.78, 5) is 10.4. The third-order valence-corrected chi connectivity index (χ3v) is 1.77. The van der Waals surface area contributed by atoms with E-state index in [1.54, 1.807) is 6.92 Å². The Morgan fingerprint density at radius 2 is 2.08 bits per heavy atom. The molecule has 4 nitrogen and oxygen atoms in total. The van der Waals surface area contributed by atoms with Gasteiger partial charge in [0, 0.05) is 0 Å². The van der Waals surface area contributed by atoms with Crippen LogP contribution in [-0.4, -0.2) is 21.3 Å². The molecule has 0 radical (unpaired) electrons. The summed E-state index contributed by atoms with van der Waals surface area (Å²) < 4.78 is 0. The Labute approximate surface area is 75.1 Å². The number of phenolic OH excluding ortho intramolecular Hbond substituents is 1. The Morgan fingerprint density at radius 1 is 1.46 bits per heavy atom. The number of aliphatic carboxylic acids is 1. The molecule has 0 heterocycles. The van der Waals surface area contributed by atoms with Crippen LogP contribution in [0.5, 0.6) is 5.75 Å². The maximum atomic E-state index is 10.4. The van der Waals surface area contributed by atoms with E-state index in [0.717, 1.165) is 0 Å². The van der Waals surface area contributed by atoms with E-state index in [9.17, 15) is 4.79 Å². The van der Waals surface area contributed by atoms with Gasteiger partial charge in [-0.25, -0.2) is 4.79 Å². The van der Waals surface area contributed by atoms with Crippen LogP contribution in [0, 0.1) is 6.92 Å². The summed E-state index contributed by atoms with van der Waals surface area (Å²) in [6.07, 6.45) is -1.53. The minimum absolute atomic E-state index is 0.0846. The monoisotopic (exact) mass is 182 g/mol. The van der Waals surface area contributed by atoms with Gasteiger partial charge in [0.2, 0.25) is 0 Å². The molecule has 0 bridgehead atoms. The molecule has 0 spiro atoms. The van der Waals surface area contributed by atoms with Gasteiger partial charge in [0.05, 0.1) is 0 Å². The van der Waals surface area contributed by atoms with Gasteiger partial charge in [0.1, 0.15) is 5.75 Å². The highest BCUT2D eigenvalue weighted by Gasteiger charge is 2.15. The average Bonchev–Trinajstić information content (AvgIpc) is 2.08. The molecule has 1 unspecified atom stereocenters. The fraction of sp³-hybridized carbons (Fsp3) is 0.222. The molecule has 0 aliphatic rings. The van der Waals surface area contributed by atoms with E-state index >= 15 is 0 Å². The van der Waals surface area contributed by atoms with Crippen molar-refractivity contribution < 1.29 is 20.1 Å². The molecule has 3 N–H and O–H groups in total. The first-order chi connectivity index (χ1) is 6.02. The number of carboxylic acids is 1. The topological polar surface area (TPSA) is 77.8 Å². The lowest BCUT2D eigenvalue weighted by Gasteiger charge is -2.07. The first kappa shape index (κ1) is 9.54. The summed E-state index contributed by atoms with van der Waals surface area (Å²) in [5.41, 5.74) is 0.806. The molecule has 1 aromatic rings. The molecule has 0 saturated heterocycles. The zero-order chi connectivity index (χ0) is 10.0. The first-order valence-electron chi connectivity index (χ1n) is 3.72. The van der Waals surface area contributed by atoms with Crippen molar-refractivity contribution >= 4 is 5.97 Å². The van der Waals surface area contributed by atoms with E-state index < -0.39 is 12.1 Å². The van der Waals surface area contributed by atoms with Crippen molar-refractivity contribution in [3.05, 3.63) is 29.3 Å². The maximum absolute atomic E-state index is 10.4. The SMILES string of the molecule is Cc1cc(C(O)C(=O)O)ccc1O. The van der Waals surface area contributed by atoms with Crippen molar-refractivity contribution in [2.24, 2.45) is 0 Å². The molecular weight excluding hydrogens is 172 g/mol. The third-order valence-electron chi connectivity index (χ3n) is 1.77. The van der Waals surface area contributed by atoms with Gasteiger partial charge in [-0.2, -0.15) is 0 Å². The van der Waals surface area contributed by atoms with Gasteiger partial charge < -0.3 is 15.3 Å². The van der Waals surface area contributed by atoms with Gasteiger partial charge >= 0.3 is 5.97 Å². The zero-order valence-electron chi connectivity index (χ0n) is 7.06. The fourth-order valence-electron chi connectivity index (χ4n) is 0.991. The normalized spacial score (nSPS) is 12.5. The summed E-state index contributed by atoms with van der Waals surface area (Å²) in [5, 5.41) is 26.8. The standard InChI is InChI=1S/C9H10O4/c1-5-4-6(2-3-7(5)10)8(11)9(12)13/h2-4,8,10-11H,1H3,(H,12,13). The summed E-state index contributed by atoms with van der Waals surface area (Å²) in [6.45, 7) is 1.63. The predicted octanol–water partition coefficient (Wildman–Crippen LogP) is 0.819. The van der Waals surface area contributed by atoms with Crippen LogP contribution in [0.1, 0.15) is 17.2 Å². The van der Waals surface area contributed by atoms with Crippen LogP contribution < -0.4 is 0 Å². The average molecular weight is 182 g/mol. The lowest BCUT2D eigenvalue weighted by molar-refractivity contribution is -0.146. The largest absolute Gasteiger partial charge is 0.508 e. The molecule has 0 amide bonds. The van der Waals surface area contributed by atoms with E-state index in [4.69, 9.17) is 15.3 Å². The Balaban J connectivity index is 3.03. The second-order valence-electron chi connectivity index (χ2n) is 2.79. The molecule has 13 heavy (non-hydrogen) atoms. The lowest BCUT2D eigenvalue weighted by Crippen LogP contribution is -2.10. The number of benzene rings is 1. The van der Waals surface area contributed by atoms with Crippen molar-refractivity contribution in [2.75, 3.05) is 0 Å². The van der Waals surface area contributed by atoms with E-state index in [-0.39, 0.29) is 11.3 Å². The number of aryl methyl sites for hydroxylation is 1. The third kappa shape index (κ3) is 1.97. The van der Waals surface area contributed by atoms with Crippen LogP contribution in [0.2, 0.25) is 0 Å². The smallest absolute Gasteiger partial charge is 0.337 e.